The van der Waals surface area contributed by atoms with E-state index in [0.717, 1.165) is 5.39 Å². The number of furan rings is 1. The molecule has 0 saturated carbocycles. The number of halogens is 1. The maximum Gasteiger partial charge on any atom is 0.259 e. The molecule has 1 aromatic heterocycles. The van der Waals surface area contributed by atoms with Gasteiger partial charge < -0.3 is 14.5 Å². The first kappa shape index (κ1) is 15.4. The fraction of sp³-hybridized carbons (Fsp3) is 0.167. The van der Waals surface area contributed by atoms with Crippen LogP contribution in [-0.4, -0.2) is 12.5 Å². The van der Waals surface area contributed by atoms with E-state index in [1.807, 2.05) is 31.2 Å². The molecule has 0 bridgehead atoms. The quantitative estimate of drug-likeness (QED) is 0.729. The van der Waals surface area contributed by atoms with Crippen LogP contribution in [0.5, 0.6) is 5.75 Å². The fourth-order valence-corrected chi connectivity index (χ4v) is 2.67. The minimum Gasteiger partial charge on any atom is -0.494 e. The molecule has 0 aliphatic carbocycles. The summed E-state index contributed by atoms with van der Waals surface area (Å²) in [4.78, 5) is 12.7. The predicted molar refractivity (Wildman–Crippen MR) is 91.5 cm³/mol. The lowest BCUT2D eigenvalue weighted by molar-refractivity contribution is 0.102. The summed E-state index contributed by atoms with van der Waals surface area (Å²) in [5.41, 5.74) is 1.70. The summed E-state index contributed by atoms with van der Waals surface area (Å²) >= 11 is 6.10. The molecule has 3 rings (SSSR count). The zero-order valence-corrected chi connectivity index (χ0v) is 13.6. The van der Waals surface area contributed by atoms with Gasteiger partial charge in [0, 0.05) is 5.39 Å². The summed E-state index contributed by atoms with van der Waals surface area (Å²) < 4.78 is 11.2. The summed E-state index contributed by atoms with van der Waals surface area (Å²) in [5.74, 6) is 0.994. The zero-order chi connectivity index (χ0) is 16.4. The number of rotatable bonds is 4. The van der Waals surface area contributed by atoms with Gasteiger partial charge in [-0.05, 0) is 44.2 Å². The molecular weight excluding hydrogens is 314 g/mol. The monoisotopic (exact) mass is 329 g/mol. The molecule has 0 aliphatic heterocycles. The number of aryl methyl sites for hydroxylation is 1. The molecule has 0 saturated heterocycles. The van der Waals surface area contributed by atoms with Crippen LogP contribution in [0.3, 0.4) is 0 Å². The molecule has 0 radical (unpaired) electrons. The third-order valence-electron chi connectivity index (χ3n) is 3.50. The van der Waals surface area contributed by atoms with Crippen molar-refractivity contribution < 1.29 is 13.9 Å². The number of fused-ring (bicyclic) bond motifs is 1. The van der Waals surface area contributed by atoms with E-state index < -0.39 is 0 Å². The van der Waals surface area contributed by atoms with Gasteiger partial charge in [0.25, 0.3) is 5.91 Å². The van der Waals surface area contributed by atoms with Gasteiger partial charge in [-0.3, -0.25) is 4.79 Å². The van der Waals surface area contributed by atoms with E-state index in [1.165, 1.54) is 0 Å². The Balaban J connectivity index is 2.01. The lowest BCUT2D eigenvalue weighted by Gasteiger charge is -2.07. The summed E-state index contributed by atoms with van der Waals surface area (Å²) in [6.45, 7) is 4.24. The number of hydrogen-bond donors (Lipinski definition) is 1. The second-order valence-electron chi connectivity index (χ2n) is 5.06. The van der Waals surface area contributed by atoms with Gasteiger partial charge >= 0.3 is 0 Å². The van der Waals surface area contributed by atoms with Crippen molar-refractivity contribution in [2.45, 2.75) is 13.8 Å². The smallest absolute Gasteiger partial charge is 0.259 e. The van der Waals surface area contributed by atoms with Crippen LogP contribution in [0.15, 0.2) is 46.9 Å². The number of benzene rings is 2. The molecule has 0 fully saturated rings. The average molecular weight is 330 g/mol. The van der Waals surface area contributed by atoms with Crippen molar-refractivity contribution in [2.24, 2.45) is 0 Å². The molecule has 2 aromatic carbocycles. The van der Waals surface area contributed by atoms with Gasteiger partial charge in [0.1, 0.15) is 17.1 Å². The van der Waals surface area contributed by atoms with Crippen LogP contribution in [0.2, 0.25) is 5.02 Å². The van der Waals surface area contributed by atoms with Crippen molar-refractivity contribution in [2.75, 3.05) is 11.9 Å². The van der Waals surface area contributed by atoms with Crippen LogP contribution in [0.25, 0.3) is 11.0 Å². The van der Waals surface area contributed by atoms with Gasteiger partial charge in [-0.25, -0.2) is 0 Å². The Bertz CT molecular complexity index is 870. The summed E-state index contributed by atoms with van der Waals surface area (Å²) in [6.07, 6.45) is 0. The number of hydrogen-bond acceptors (Lipinski definition) is 3. The van der Waals surface area contributed by atoms with E-state index in [1.54, 1.807) is 25.1 Å². The lowest BCUT2D eigenvalue weighted by Crippen LogP contribution is -2.12. The highest BCUT2D eigenvalue weighted by molar-refractivity contribution is 6.34. The second kappa shape index (κ2) is 6.34. The van der Waals surface area contributed by atoms with Gasteiger partial charge in [0.15, 0.2) is 0 Å². The highest BCUT2D eigenvalue weighted by Gasteiger charge is 2.19. The number of anilines is 1. The molecule has 118 valence electrons. The molecule has 0 unspecified atom stereocenters. The normalized spacial score (nSPS) is 10.7. The van der Waals surface area contributed by atoms with Crippen molar-refractivity contribution in [3.8, 4) is 5.75 Å². The van der Waals surface area contributed by atoms with Crippen molar-refractivity contribution in [3.63, 3.8) is 0 Å². The van der Waals surface area contributed by atoms with Crippen LogP contribution < -0.4 is 10.1 Å². The van der Waals surface area contributed by atoms with Gasteiger partial charge in [-0.1, -0.05) is 23.7 Å². The van der Waals surface area contributed by atoms with Gasteiger partial charge in [-0.15, -0.1) is 0 Å². The van der Waals surface area contributed by atoms with Crippen LogP contribution in [0.1, 0.15) is 23.0 Å². The predicted octanol–water partition coefficient (Wildman–Crippen LogP) is 5.05. The molecule has 23 heavy (non-hydrogen) atoms. The first-order valence-electron chi connectivity index (χ1n) is 7.32. The topological polar surface area (TPSA) is 51.5 Å². The lowest BCUT2D eigenvalue weighted by atomic mass is 10.1. The Kier molecular flexibility index (Phi) is 4.26. The van der Waals surface area contributed by atoms with Crippen molar-refractivity contribution in [3.05, 3.63) is 58.8 Å². The number of carbonyl (C=O) groups is 1. The van der Waals surface area contributed by atoms with Crippen LogP contribution in [0, 0.1) is 6.92 Å². The fourth-order valence-electron chi connectivity index (χ4n) is 2.49. The van der Waals surface area contributed by atoms with Gasteiger partial charge in [-0.2, -0.15) is 0 Å². The van der Waals surface area contributed by atoms with Gasteiger partial charge in [0.2, 0.25) is 0 Å². The van der Waals surface area contributed by atoms with Crippen LogP contribution >= 0.6 is 11.6 Å². The number of para-hydroxylation sites is 1. The van der Waals surface area contributed by atoms with E-state index >= 15 is 0 Å². The zero-order valence-electron chi connectivity index (χ0n) is 12.9. The Morgan fingerprint density at radius 2 is 2.04 bits per heavy atom. The first-order valence-corrected chi connectivity index (χ1v) is 7.69. The van der Waals surface area contributed by atoms with E-state index in [2.05, 4.69) is 5.32 Å². The van der Waals surface area contributed by atoms with E-state index in [9.17, 15) is 4.79 Å². The van der Waals surface area contributed by atoms with Crippen molar-refractivity contribution in [1.29, 1.82) is 0 Å². The third-order valence-corrected chi connectivity index (χ3v) is 3.83. The minimum atomic E-state index is -0.261. The standard InChI is InChI=1S/C18H16ClNO3/c1-3-22-12-8-9-16-13(10-12)17(11(2)23-16)18(21)20-15-7-5-4-6-14(15)19/h4-10H,3H2,1-2H3,(H,20,21). The highest BCUT2D eigenvalue weighted by atomic mass is 35.5. The Morgan fingerprint density at radius 1 is 1.26 bits per heavy atom. The Morgan fingerprint density at radius 3 is 2.78 bits per heavy atom. The van der Waals surface area contributed by atoms with Gasteiger partial charge in [0.05, 0.1) is 22.9 Å². The maximum absolute atomic E-state index is 12.7. The SMILES string of the molecule is CCOc1ccc2oc(C)c(C(=O)Nc3ccccc3Cl)c2c1. The molecule has 4 nitrogen and oxygen atoms in total. The summed E-state index contributed by atoms with van der Waals surface area (Å²) in [6, 6.07) is 12.6. The molecule has 1 amide bonds. The van der Waals surface area contributed by atoms with Crippen LogP contribution in [0.4, 0.5) is 5.69 Å². The van der Waals surface area contributed by atoms with Crippen LogP contribution in [-0.2, 0) is 0 Å². The molecular formula is C18H16ClNO3. The molecule has 0 atom stereocenters. The molecule has 0 spiro atoms. The largest absolute Gasteiger partial charge is 0.494 e. The highest BCUT2D eigenvalue weighted by Crippen LogP contribution is 2.30. The van der Waals surface area contributed by atoms with Crippen molar-refractivity contribution >= 4 is 34.2 Å². The number of nitrogens with one attached hydrogen (secondary N) is 1. The van der Waals surface area contributed by atoms with Crippen molar-refractivity contribution in [1.82, 2.24) is 0 Å². The Hall–Kier alpha value is -2.46. The summed E-state index contributed by atoms with van der Waals surface area (Å²) in [7, 11) is 0. The average Bonchev–Trinajstić information content (AvgIpc) is 2.85. The Labute approximate surface area is 139 Å². The second-order valence-corrected chi connectivity index (χ2v) is 5.47. The van der Waals surface area contributed by atoms with E-state index in [-0.39, 0.29) is 5.91 Å². The number of amides is 1. The number of carbonyl (C=O) groups excluding carboxylic acids is 1. The molecule has 1 N–H and O–H groups in total. The maximum atomic E-state index is 12.7. The molecule has 3 aromatic rings. The summed E-state index contributed by atoms with van der Waals surface area (Å²) in [5, 5.41) is 4.03. The minimum absolute atomic E-state index is 0.261. The first-order chi connectivity index (χ1) is 11.1. The number of ether oxygens (including phenoxy) is 1. The van der Waals surface area contributed by atoms with E-state index in [0.29, 0.717) is 40.0 Å². The third kappa shape index (κ3) is 3.03. The molecule has 5 heteroatoms. The molecule has 0 aliphatic rings. The van der Waals surface area contributed by atoms with E-state index in [4.69, 9.17) is 20.8 Å². The molecule has 1 heterocycles.